The summed E-state index contributed by atoms with van der Waals surface area (Å²) in [6, 6.07) is 4.01. The van der Waals surface area contributed by atoms with E-state index in [1.165, 1.54) is 6.07 Å². The van der Waals surface area contributed by atoms with Crippen LogP contribution in [0.1, 0.15) is 11.6 Å². The van der Waals surface area contributed by atoms with Crippen molar-refractivity contribution >= 4 is 15.9 Å². The van der Waals surface area contributed by atoms with E-state index in [1.807, 2.05) is 0 Å². The van der Waals surface area contributed by atoms with Crippen molar-refractivity contribution in [3.63, 3.8) is 0 Å². The number of hydrogen-bond acceptors (Lipinski definition) is 2. The second-order valence-electron chi connectivity index (χ2n) is 2.46. The first-order valence-corrected chi connectivity index (χ1v) is 4.24. The van der Waals surface area contributed by atoms with Gasteiger partial charge in [-0.2, -0.15) is 0 Å². The largest absolute Gasteiger partial charge is 0.508 e. The third-order valence-corrected chi connectivity index (χ3v) is 2.05. The number of alkyl halides is 1. The van der Waals surface area contributed by atoms with Gasteiger partial charge in [-0.3, -0.25) is 0 Å². The molecule has 4 heteroatoms. The summed E-state index contributed by atoms with van der Waals surface area (Å²) >= 11 is 3.20. The number of aromatic hydroxyl groups is 1. The van der Waals surface area contributed by atoms with Crippen molar-refractivity contribution in [2.45, 2.75) is 6.04 Å². The van der Waals surface area contributed by atoms with Gasteiger partial charge in [0.15, 0.2) is 0 Å². The fourth-order valence-electron chi connectivity index (χ4n) is 0.905. The Labute approximate surface area is 78.3 Å². The standard InChI is InChI=1S/C8H9BrFNO/c9-5-1-2-8(12)6(3-5)7(11)4-10/h1-3,7,12H,4,11H2/t7-/m1/s1. The molecule has 1 aromatic rings. The number of benzene rings is 1. The molecule has 0 unspecified atom stereocenters. The summed E-state index contributed by atoms with van der Waals surface area (Å²) in [5.41, 5.74) is 5.83. The molecule has 0 spiro atoms. The molecule has 1 rings (SSSR count). The maximum absolute atomic E-state index is 12.1. The van der Waals surface area contributed by atoms with Crippen molar-refractivity contribution in [1.82, 2.24) is 0 Å². The molecule has 0 saturated heterocycles. The van der Waals surface area contributed by atoms with Gasteiger partial charge in [0.25, 0.3) is 0 Å². The minimum atomic E-state index is -0.748. The first-order chi connectivity index (χ1) is 5.65. The number of rotatable bonds is 2. The van der Waals surface area contributed by atoms with Crippen LogP contribution in [0.4, 0.5) is 4.39 Å². The van der Waals surface area contributed by atoms with E-state index >= 15 is 0 Å². The zero-order valence-corrected chi connectivity index (χ0v) is 7.88. The predicted octanol–water partition coefficient (Wildman–Crippen LogP) is 2.12. The van der Waals surface area contributed by atoms with E-state index in [4.69, 9.17) is 5.73 Å². The van der Waals surface area contributed by atoms with Crippen LogP contribution in [0.3, 0.4) is 0 Å². The van der Waals surface area contributed by atoms with Crippen LogP contribution in [0.15, 0.2) is 22.7 Å². The molecule has 0 amide bonds. The lowest BCUT2D eigenvalue weighted by Gasteiger charge is -2.09. The summed E-state index contributed by atoms with van der Waals surface area (Å²) in [7, 11) is 0. The molecule has 1 atom stereocenters. The Kier molecular flexibility index (Phi) is 3.05. The second kappa shape index (κ2) is 3.87. The van der Waals surface area contributed by atoms with E-state index in [-0.39, 0.29) is 5.75 Å². The first kappa shape index (κ1) is 9.48. The van der Waals surface area contributed by atoms with Crippen LogP contribution < -0.4 is 5.73 Å². The van der Waals surface area contributed by atoms with Crippen LogP contribution in [0.2, 0.25) is 0 Å². The molecular weight excluding hydrogens is 225 g/mol. The van der Waals surface area contributed by atoms with E-state index in [0.717, 1.165) is 4.47 Å². The smallest absolute Gasteiger partial charge is 0.120 e. The molecule has 12 heavy (non-hydrogen) atoms. The Hall–Kier alpha value is -0.610. The third-order valence-electron chi connectivity index (χ3n) is 1.56. The van der Waals surface area contributed by atoms with Gasteiger partial charge in [0, 0.05) is 10.0 Å². The van der Waals surface area contributed by atoms with E-state index in [1.54, 1.807) is 12.1 Å². The third kappa shape index (κ3) is 1.95. The Morgan fingerprint density at radius 1 is 1.58 bits per heavy atom. The minimum Gasteiger partial charge on any atom is -0.508 e. The maximum atomic E-state index is 12.1. The lowest BCUT2D eigenvalue weighted by atomic mass is 10.1. The fraction of sp³-hybridized carbons (Fsp3) is 0.250. The highest BCUT2D eigenvalue weighted by molar-refractivity contribution is 9.10. The molecule has 0 bridgehead atoms. The molecule has 2 nitrogen and oxygen atoms in total. The van der Waals surface area contributed by atoms with Crippen molar-refractivity contribution in [2.24, 2.45) is 5.73 Å². The number of phenolic OH excluding ortho intramolecular Hbond substituents is 1. The van der Waals surface area contributed by atoms with Gasteiger partial charge in [-0.05, 0) is 18.2 Å². The van der Waals surface area contributed by atoms with Gasteiger partial charge in [-0.1, -0.05) is 15.9 Å². The second-order valence-corrected chi connectivity index (χ2v) is 3.38. The van der Waals surface area contributed by atoms with Gasteiger partial charge in [0.1, 0.15) is 12.4 Å². The molecule has 3 N–H and O–H groups in total. The summed E-state index contributed by atoms with van der Waals surface area (Å²) in [6.45, 7) is -0.677. The van der Waals surface area contributed by atoms with Gasteiger partial charge < -0.3 is 10.8 Å². The quantitative estimate of drug-likeness (QED) is 0.823. The summed E-state index contributed by atoms with van der Waals surface area (Å²) < 4.78 is 12.9. The molecule has 0 aliphatic carbocycles. The average molecular weight is 234 g/mol. The lowest BCUT2D eigenvalue weighted by Crippen LogP contribution is -2.12. The SMILES string of the molecule is N[C@H](CF)c1cc(Br)ccc1O. The monoisotopic (exact) mass is 233 g/mol. The van der Waals surface area contributed by atoms with Crippen LogP contribution in [-0.4, -0.2) is 11.8 Å². The topological polar surface area (TPSA) is 46.2 Å². The Morgan fingerprint density at radius 2 is 2.25 bits per heavy atom. The first-order valence-electron chi connectivity index (χ1n) is 3.45. The molecule has 0 radical (unpaired) electrons. The zero-order chi connectivity index (χ0) is 9.14. The minimum absolute atomic E-state index is 0.0309. The van der Waals surface area contributed by atoms with Gasteiger partial charge in [-0.15, -0.1) is 0 Å². The van der Waals surface area contributed by atoms with E-state index < -0.39 is 12.7 Å². The number of hydrogen-bond donors (Lipinski definition) is 2. The van der Waals surface area contributed by atoms with Crippen LogP contribution in [0.25, 0.3) is 0 Å². The Morgan fingerprint density at radius 3 is 2.83 bits per heavy atom. The van der Waals surface area contributed by atoms with Crippen molar-refractivity contribution in [3.05, 3.63) is 28.2 Å². The molecule has 66 valence electrons. The van der Waals surface area contributed by atoms with Crippen molar-refractivity contribution in [3.8, 4) is 5.75 Å². The highest BCUT2D eigenvalue weighted by Gasteiger charge is 2.10. The predicted molar refractivity (Wildman–Crippen MR) is 48.7 cm³/mol. The van der Waals surface area contributed by atoms with Gasteiger partial charge >= 0.3 is 0 Å². The molecule has 0 aliphatic rings. The van der Waals surface area contributed by atoms with Crippen molar-refractivity contribution in [2.75, 3.05) is 6.67 Å². The summed E-state index contributed by atoms with van der Waals surface area (Å²) in [4.78, 5) is 0. The lowest BCUT2D eigenvalue weighted by molar-refractivity contribution is 0.414. The summed E-state index contributed by atoms with van der Waals surface area (Å²) in [5, 5.41) is 9.27. The molecule has 0 fully saturated rings. The molecule has 1 aromatic carbocycles. The molecule has 0 heterocycles. The molecule has 0 aliphatic heterocycles. The summed E-state index contributed by atoms with van der Waals surface area (Å²) in [5.74, 6) is 0.0309. The van der Waals surface area contributed by atoms with Crippen molar-refractivity contribution in [1.29, 1.82) is 0 Å². The fourth-order valence-corrected chi connectivity index (χ4v) is 1.28. The average Bonchev–Trinajstić information content (AvgIpc) is 2.08. The summed E-state index contributed by atoms with van der Waals surface area (Å²) in [6.07, 6.45) is 0. The Balaban J connectivity index is 3.04. The van der Waals surface area contributed by atoms with Crippen LogP contribution >= 0.6 is 15.9 Å². The maximum Gasteiger partial charge on any atom is 0.120 e. The molecule has 0 aromatic heterocycles. The highest BCUT2D eigenvalue weighted by atomic mass is 79.9. The van der Waals surface area contributed by atoms with E-state index in [9.17, 15) is 9.50 Å². The van der Waals surface area contributed by atoms with Gasteiger partial charge in [-0.25, -0.2) is 4.39 Å². The molecular formula is C8H9BrFNO. The van der Waals surface area contributed by atoms with Crippen LogP contribution in [0.5, 0.6) is 5.75 Å². The van der Waals surface area contributed by atoms with Crippen LogP contribution in [-0.2, 0) is 0 Å². The van der Waals surface area contributed by atoms with Crippen LogP contribution in [0, 0.1) is 0 Å². The van der Waals surface area contributed by atoms with E-state index in [2.05, 4.69) is 15.9 Å². The highest BCUT2D eigenvalue weighted by Crippen LogP contribution is 2.26. The number of nitrogens with two attached hydrogens (primary N) is 1. The zero-order valence-electron chi connectivity index (χ0n) is 6.30. The normalized spacial score (nSPS) is 12.9. The van der Waals surface area contributed by atoms with Gasteiger partial charge in [0.05, 0.1) is 6.04 Å². The number of phenols is 1. The number of halogens is 2. The Bertz CT molecular complexity index is 280. The van der Waals surface area contributed by atoms with Crippen molar-refractivity contribution < 1.29 is 9.50 Å². The molecule has 0 saturated carbocycles. The van der Waals surface area contributed by atoms with E-state index in [0.29, 0.717) is 5.56 Å². The van der Waals surface area contributed by atoms with Gasteiger partial charge in [0.2, 0.25) is 0 Å².